The molecule has 62 heavy (non-hydrogen) atoms. The first-order chi connectivity index (χ1) is 30.0. The van der Waals surface area contributed by atoms with Crippen LogP contribution in [0.1, 0.15) is 59.7 Å². The number of H-pyrrole nitrogens is 1. The number of benzene rings is 4. The minimum atomic E-state index is -2.01. The van der Waals surface area contributed by atoms with Crippen molar-refractivity contribution in [3.05, 3.63) is 137 Å². The Kier molecular flexibility index (Phi) is 14.1. The number of alkyl halides is 1. The number of para-hydroxylation sites is 1. The lowest BCUT2D eigenvalue weighted by Crippen LogP contribution is -2.60. The summed E-state index contributed by atoms with van der Waals surface area (Å²) in [5.74, 6) is -2.42. The van der Waals surface area contributed by atoms with Gasteiger partial charge in [0.1, 0.15) is 12.7 Å². The second kappa shape index (κ2) is 20.0. The third-order valence-electron chi connectivity index (χ3n) is 11.1. The number of hydroxylamine groups is 1. The largest absolute Gasteiger partial charge is 0.469 e. The monoisotopic (exact) mass is 847 g/mol. The van der Waals surface area contributed by atoms with Gasteiger partial charge in [0, 0.05) is 56.0 Å². The van der Waals surface area contributed by atoms with Crippen LogP contribution >= 0.6 is 0 Å². The SMILES string of the molecule is COC(=O)C[C@H]1O[C@@H](ONC/C=C/c2ccc(CN(CCc3c(C)[nH]c4ccccc34)C(=O)OCC3c4ccccc4-c4ccccc43)cc2)[C@H](OC(C)=O)[C@@H](OC(C)=O)[C@H]1F. The maximum Gasteiger partial charge on any atom is 0.410 e. The number of halogens is 1. The molecule has 5 atom stereocenters. The highest BCUT2D eigenvalue weighted by Crippen LogP contribution is 2.44. The van der Waals surface area contributed by atoms with Gasteiger partial charge in [-0.15, -0.1) is 0 Å². The zero-order valence-electron chi connectivity index (χ0n) is 35.0. The summed E-state index contributed by atoms with van der Waals surface area (Å²) >= 11 is 0. The number of nitrogens with zero attached hydrogens (tertiary/aromatic N) is 1. The molecular weight excluding hydrogens is 798 g/mol. The van der Waals surface area contributed by atoms with Crippen LogP contribution in [-0.4, -0.2) is 91.5 Å². The lowest BCUT2D eigenvalue weighted by atomic mass is 9.97. The molecule has 2 N–H and O–H groups in total. The number of rotatable bonds is 16. The fraction of sp³-hybridized carbons (Fsp3) is 0.333. The van der Waals surface area contributed by atoms with Crippen LogP contribution < -0.4 is 5.48 Å². The fourth-order valence-electron chi connectivity index (χ4n) is 8.17. The summed E-state index contributed by atoms with van der Waals surface area (Å²) < 4.78 is 42.3. The number of aromatic nitrogens is 1. The maximum atomic E-state index is 15.4. The number of hydrogen-bond acceptors (Lipinski definition) is 11. The van der Waals surface area contributed by atoms with E-state index >= 15 is 4.39 Å². The molecule has 0 unspecified atom stereocenters. The van der Waals surface area contributed by atoms with Crippen molar-refractivity contribution in [2.45, 2.75) is 76.8 Å². The highest BCUT2D eigenvalue weighted by atomic mass is 19.1. The number of hydrogen-bond donors (Lipinski definition) is 2. The summed E-state index contributed by atoms with van der Waals surface area (Å²) in [5, 5.41) is 1.13. The number of amides is 1. The van der Waals surface area contributed by atoms with Gasteiger partial charge >= 0.3 is 24.0 Å². The number of esters is 3. The number of carbonyl (C=O) groups is 4. The van der Waals surface area contributed by atoms with E-state index in [4.69, 9.17) is 23.8 Å². The van der Waals surface area contributed by atoms with Gasteiger partial charge in [0.25, 0.3) is 0 Å². The van der Waals surface area contributed by atoms with E-state index in [-0.39, 0.29) is 19.1 Å². The molecule has 7 rings (SSSR count). The van der Waals surface area contributed by atoms with Crippen molar-refractivity contribution < 1.29 is 52.1 Å². The summed E-state index contributed by atoms with van der Waals surface area (Å²) in [4.78, 5) is 60.6. The quantitative estimate of drug-likeness (QED) is 0.0439. The van der Waals surface area contributed by atoms with E-state index in [0.29, 0.717) is 19.5 Å². The van der Waals surface area contributed by atoms with Crippen LogP contribution in [0.25, 0.3) is 28.1 Å². The van der Waals surface area contributed by atoms with Crippen LogP contribution in [0.5, 0.6) is 0 Å². The zero-order chi connectivity index (χ0) is 43.8. The van der Waals surface area contributed by atoms with Gasteiger partial charge in [0.05, 0.1) is 13.5 Å². The van der Waals surface area contributed by atoms with Gasteiger partial charge in [0.2, 0.25) is 6.29 Å². The van der Waals surface area contributed by atoms with Crippen molar-refractivity contribution in [2.75, 3.05) is 26.8 Å². The molecular formula is C48H50FN3O10. The van der Waals surface area contributed by atoms with Crippen LogP contribution in [0.2, 0.25) is 0 Å². The van der Waals surface area contributed by atoms with Gasteiger partial charge in [-0.05, 0) is 58.4 Å². The number of nitrogens with one attached hydrogen (secondary N) is 2. The molecule has 1 aliphatic heterocycles. The van der Waals surface area contributed by atoms with E-state index in [1.54, 1.807) is 11.0 Å². The topological polar surface area (TPSA) is 155 Å². The Morgan fingerprint density at radius 3 is 2.18 bits per heavy atom. The molecule has 324 valence electrons. The summed E-state index contributed by atoms with van der Waals surface area (Å²) in [5.41, 5.74) is 12.4. The van der Waals surface area contributed by atoms with Crippen molar-refractivity contribution in [2.24, 2.45) is 0 Å². The molecule has 1 aromatic heterocycles. The maximum absolute atomic E-state index is 15.4. The Morgan fingerprint density at radius 1 is 0.855 bits per heavy atom. The van der Waals surface area contributed by atoms with E-state index in [9.17, 15) is 19.2 Å². The fourth-order valence-corrected chi connectivity index (χ4v) is 8.17. The lowest BCUT2D eigenvalue weighted by molar-refractivity contribution is -0.307. The van der Waals surface area contributed by atoms with E-state index in [1.165, 1.54) is 0 Å². The van der Waals surface area contributed by atoms with Gasteiger partial charge in [0.15, 0.2) is 18.4 Å². The molecule has 0 spiro atoms. The second-order valence-electron chi connectivity index (χ2n) is 15.3. The lowest BCUT2D eigenvalue weighted by Gasteiger charge is -2.41. The molecule has 13 nitrogen and oxygen atoms in total. The van der Waals surface area contributed by atoms with Crippen LogP contribution in [-0.2, 0) is 55.9 Å². The third-order valence-corrected chi connectivity index (χ3v) is 11.1. The summed E-state index contributed by atoms with van der Waals surface area (Å²) in [7, 11) is 1.15. The number of methoxy groups -OCH3 is 1. The number of fused-ring (bicyclic) bond motifs is 4. The van der Waals surface area contributed by atoms with Gasteiger partial charge in [-0.3, -0.25) is 19.2 Å². The standard InChI is InChI=1S/C48H50FN3O10/c1-29-34(39-17-9-10-18-41(39)51-29)23-25-52(48(56)58-28-40-37-15-7-5-13-35(37)36-14-6-8-16-38(36)40)27-33-21-19-32(20-22-33)12-11-24-50-62-47-46(60-31(3)54)45(59-30(2)53)44(49)42(61-47)26-43(55)57-4/h5-22,40,42,44-47,50-51H,23-28H2,1-4H3/b12-11+/t42-,44+,45+,46-,47+/m1/s1. The van der Waals surface area contributed by atoms with Crippen molar-refractivity contribution >= 4 is 41.0 Å². The number of aryl methyl sites for hydroxylation is 1. The smallest absolute Gasteiger partial charge is 0.410 e. The summed E-state index contributed by atoms with van der Waals surface area (Å²) in [6.45, 7) is 5.36. The molecule has 1 amide bonds. The Morgan fingerprint density at radius 2 is 1.50 bits per heavy atom. The normalized spacial score (nSPS) is 19.5. The highest BCUT2D eigenvalue weighted by Gasteiger charge is 2.52. The van der Waals surface area contributed by atoms with Gasteiger partial charge in [-0.2, -0.15) is 5.48 Å². The minimum absolute atomic E-state index is 0.0656. The molecule has 0 bridgehead atoms. The molecule has 2 heterocycles. The van der Waals surface area contributed by atoms with Crippen LogP contribution in [0.4, 0.5) is 9.18 Å². The van der Waals surface area contributed by atoms with E-state index in [0.717, 1.165) is 76.5 Å². The Labute approximate surface area is 359 Å². The molecule has 1 fully saturated rings. The second-order valence-corrected chi connectivity index (χ2v) is 15.3. The van der Waals surface area contributed by atoms with Crippen molar-refractivity contribution in [1.82, 2.24) is 15.4 Å². The minimum Gasteiger partial charge on any atom is -0.469 e. The first-order valence-electron chi connectivity index (χ1n) is 20.5. The number of aromatic amines is 1. The van der Waals surface area contributed by atoms with Crippen LogP contribution in [0.15, 0.2) is 103 Å². The zero-order valence-corrected chi connectivity index (χ0v) is 35.0. The third kappa shape index (κ3) is 10.2. The van der Waals surface area contributed by atoms with E-state index in [2.05, 4.69) is 52.5 Å². The van der Waals surface area contributed by atoms with E-state index < -0.39 is 61.2 Å². The van der Waals surface area contributed by atoms with Crippen LogP contribution in [0.3, 0.4) is 0 Å². The van der Waals surface area contributed by atoms with E-state index in [1.807, 2.05) is 72.8 Å². The average molecular weight is 848 g/mol. The van der Waals surface area contributed by atoms with Crippen molar-refractivity contribution in [3.8, 4) is 11.1 Å². The predicted molar refractivity (Wildman–Crippen MR) is 228 cm³/mol. The Hall–Kier alpha value is -6.35. The predicted octanol–water partition coefficient (Wildman–Crippen LogP) is 7.49. The first kappa shape index (κ1) is 43.7. The molecule has 0 saturated carbocycles. The molecule has 14 heteroatoms. The molecule has 2 aliphatic rings. The Balaban J connectivity index is 0.999. The molecule has 5 aromatic rings. The summed E-state index contributed by atoms with van der Waals surface area (Å²) in [6.07, 6.45) is -4.57. The first-order valence-corrected chi connectivity index (χ1v) is 20.5. The van der Waals surface area contributed by atoms with Crippen LogP contribution in [0, 0.1) is 6.92 Å². The molecule has 1 aliphatic carbocycles. The Bertz CT molecular complexity index is 2370. The molecule has 0 radical (unpaired) electrons. The van der Waals surface area contributed by atoms with Gasteiger partial charge in [-0.25, -0.2) is 9.18 Å². The van der Waals surface area contributed by atoms with Gasteiger partial charge < -0.3 is 33.6 Å². The van der Waals surface area contributed by atoms with Crippen molar-refractivity contribution in [1.29, 1.82) is 0 Å². The number of ether oxygens (including phenoxy) is 5. The average Bonchev–Trinajstić information content (AvgIpc) is 3.77. The number of carbonyl (C=O) groups excluding carboxylic acids is 4. The highest BCUT2D eigenvalue weighted by molar-refractivity contribution is 5.84. The molecule has 1 saturated heterocycles. The van der Waals surface area contributed by atoms with Crippen molar-refractivity contribution in [3.63, 3.8) is 0 Å². The van der Waals surface area contributed by atoms with Gasteiger partial charge in [-0.1, -0.05) is 103 Å². The molecule has 4 aromatic carbocycles. The summed E-state index contributed by atoms with van der Waals surface area (Å²) in [6, 6.07) is 32.4.